The minimum Gasteiger partial charge on any atom is -0.463 e. The van der Waals surface area contributed by atoms with Gasteiger partial charge in [0.2, 0.25) is 0 Å². The van der Waals surface area contributed by atoms with Gasteiger partial charge in [-0.2, -0.15) is 0 Å². The molecule has 0 saturated carbocycles. The molecule has 0 unspecified atom stereocenters. The highest BCUT2D eigenvalue weighted by Crippen LogP contribution is 2.03. The van der Waals surface area contributed by atoms with E-state index in [1.165, 1.54) is 19.3 Å². The van der Waals surface area contributed by atoms with Crippen LogP contribution in [0, 0.1) is 0 Å². The predicted octanol–water partition coefficient (Wildman–Crippen LogP) is 4.25. The van der Waals surface area contributed by atoms with Gasteiger partial charge in [0.1, 0.15) is 6.61 Å². The third-order valence-electron chi connectivity index (χ3n) is 6.22. The summed E-state index contributed by atoms with van der Waals surface area (Å²) in [6, 6.07) is 0. The lowest BCUT2D eigenvalue weighted by Gasteiger charge is -2.09. The van der Waals surface area contributed by atoms with E-state index in [0.29, 0.717) is 132 Å². The number of hydrogen-bond donors (Lipinski definition) is 0. The summed E-state index contributed by atoms with van der Waals surface area (Å²) in [6.45, 7) is 15.3. The third-order valence-corrected chi connectivity index (χ3v) is 6.22. The molecule has 0 aromatic carbocycles. The van der Waals surface area contributed by atoms with Gasteiger partial charge in [-0.05, 0) is 12.8 Å². The molecule has 0 amide bonds. The Balaban J connectivity index is 3.07. The second-order valence-electron chi connectivity index (χ2n) is 10.2. The molecule has 0 aliphatic heterocycles. The molecule has 45 heavy (non-hydrogen) atoms. The average molecular weight is 655 g/mol. The van der Waals surface area contributed by atoms with E-state index < -0.39 is 0 Å². The largest absolute Gasteiger partial charge is 0.463 e. The minimum atomic E-state index is -0.150. The first-order chi connectivity index (χ1) is 22.3. The Hall–Kier alpha value is -0.930. The van der Waals surface area contributed by atoms with Gasteiger partial charge in [-0.1, -0.05) is 52.4 Å². The summed E-state index contributed by atoms with van der Waals surface area (Å²) in [5.74, 6) is -0.150. The van der Waals surface area contributed by atoms with Gasteiger partial charge in [0.05, 0.1) is 126 Å². The van der Waals surface area contributed by atoms with Crippen molar-refractivity contribution in [3.05, 3.63) is 0 Å². The van der Waals surface area contributed by atoms with Crippen LogP contribution in [0.4, 0.5) is 0 Å². The average Bonchev–Trinajstić information content (AvgIpc) is 3.05. The SMILES string of the molecule is CCCCCCOCCOCCOCCOCCOCCOCCOCCOCCOCCOCCOC(=O)CCCCCC. The molecule has 0 rings (SSSR count). The molecule has 270 valence electrons. The van der Waals surface area contributed by atoms with Crippen molar-refractivity contribution in [2.45, 2.75) is 71.6 Å². The zero-order chi connectivity index (χ0) is 32.6. The van der Waals surface area contributed by atoms with Crippen LogP contribution in [0.1, 0.15) is 71.6 Å². The molecule has 0 saturated heterocycles. The van der Waals surface area contributed by atoms with E-state index in [2.05, 4.69) is 13.8 Å². The summed E-state index contributed by atoms with van der Waals surface area (Å²) in [4.78, 5) is 11.5. The summed E-state index contributed by atoms with van der Waals surface area (Å²) in [6.07, 6.45) is 9.66. The van der Waals surface area contributed by atoms with Gasteiger partial charge in [0.15, 0.2) is 0 Å². The minimum absolute atomic E-state index is 0.150. The molecule has 12 nitrogen and oxygen atoms in total. The van der Waals surface area contributed by atoms with Crippen molar-refractivity contribution in [2.75, 3.05) is 139 Å². The van der Waals surface area contributed by atoms with E-state index in [4.69, 9.17) is 52.1 Å². The number of carbonyl (C=O) groups is 1. The van der Waals surface area contributed by atoms with E-state index in [1.807, 2.05) is 0 Å². The lowest BCUT2D eigenvalue weighted by atomic mass is 10.2. The van der Waals surface area contributed by atoms with Crippen molar-refractivity contribution in [1.29, 1.82) is 0 Å². The fourth-order valence-corrected chi connectivity index (χ4v) is 3.69. The Labute approximate surface area is 273 Å². The third kappa shape index (κ3) is 41.0. The summed E-state index contributed by atoms with van der Waals surface area (Å²) in [5, 5.41) is 0. The van der Waals surface area contributed by atoms with Gasteiger partial charge in [-0.15, -0.1) is 0 Å². The molecule has 0 aliphatic rings. The lowest BCUT2D eigenvalue weighted by Crippen LogP contribution is -2.15. The van der Waals surface area contributed by atoms with E-state index in [0.717, 1.165) is 38.7 Å². The molecule has 0 aromatic rings. The number of ether oxygens (including phenoxy) is 11. The van der Waals surface area contributed by atoms with E-state index in [-0.39, 0.29) is 12.6 Å². The maximum Gasteiger partial charge on any atom is 0.305 e. The molecule has 0 aromatic heterocycles. The fourth-order valence-electron chi connectivity index (χ4n) is 3.69. The van der Waals surface area contributed by atoms with Gasteiger partial charge >= 0.3 is 5.97 Å². The first kappa shape index (κ1) is 44.1. The van der Waals surface area contributed by atoms with Gasteiger partial charge in [0.25, 0.3) is 0 Å². The summed E-state index contributed by atoms with van der Waals surface area (Å²) in [5.41, 5.74) is 0. The predicted molar refractivity (Wildman–Crippen MR) is 172 cm³/mol. The van der Waals surface area contributed by atoms with E-state index in [9.17, 15) is 4.79 Å². The van der Waals surface area contributed by atoms with Crippen molar-refractivity contribution in [3.8, 4) is 0 Å². The Kier molecular flexibility index (Phi) is 40.2. The molecule has 0 heterocycles. The molecule has 0 spiro atoms. The molecule has 12 heteroatoms. The molecule has 0 atom stereocenters. The van der Waals surface area contributed by atoms with Crippen molar-refractivity contribution in [2.24, 2.45) is 0 Å². The first-order valence-corrected chi connectivity index (χ1v) is 17.2. The van der Waals surface area contributed by atoms with E-state index in [1.54, 1.807) is 0 Å². The molecular formula is C33H66O12. The van der Waals surface area contributed by atoms with Crippen LogP contribution in [0.3, 0.4) is 0 Å². The van der Waals surface area contributed by atoms with Gasteiger partial charge in [-0.3, -0.25) is 4.79 Å². The number of carbonyl (C=O) groups excluding carboxylic acids is 1. The normalized spacial score (nSPS) is 11.4. The topological polar surface area (TPSA) is 119 Å². The Morgan fingerprint density at radius 2 is 0.578 bits per heavy atom. The second kappa shape index (κ2) is 41.1. The van der Waals surface area contributed by atoms with Crippen LogP contribution < -0.4 is 0 Å². The van der Waals surface area contributed by atoms with Crippen LogP contribution in [0.15, 0.2) is 0 Å². The number of esters is 1. The zero-order valence-corrected chi connectivity index (χ0v) is 28.6. The molecule has 0 bridgehead atoms. The number of hydrogen-bond acceptors (Lipinski definition) is 12. The molecule has 0 N–H and O–H groups in total. The van der Waals surface area contributed by atoms with Crippen LogP contribution in [0.2, 0.25) is 0 Å². The Morgan fingerprint density at radius 1 is 0.311 bits per heavy atom. The molecular weight excluding hydrogens is 588 g/mol. The van der Waals surface area contributed by atoms with Crippen molar-refractivity contribution in [3.63, 3.8) is 0 Å². The van der Waals surface area contributed by atoms with Gasteiger partial charge < -0.3 is 52.1 Å². The van der Waals surface area contributed by atoms with Crippen LogP contribution >= 0.6 is 0 Å². The maximum absolute atomic E-state index is 11.5. The highest BCUT2D eigenvalue weighted by atomic mass is 16.6. The summed E-state index contributed by atoms with van der Waals surface area (Å²) in [7, 11) is 0. The number of rotatable bonds is 40. The summed E-state index contributed by atoms with van der Waals surface area (Å²) < 4.78 is 59.8. The standard InChI is InChI=1S/C33H66O12/c1-3-5-7-9-11-33(34)45-32-31-44-30-29-43-28-27-42-26-25-41-24-23-40-22-21-39-20-19-38-18-17-37-16-15-36-14-13-35-12-10-8-6-4-2/h3-32H2,1-2H3. The summed E-state index contributed by atoms with van der Waals surface area (Å²) >= 11 is 0. The zero-order valence-electron chi connectivity index (χ0n) is 28.6. The fraction of sp³-hybridized carbons (Fsp3) is 0.970. The second-order valence-corrected chi connectivity index (χ2v) is 10.2. The smallest absolute Gasteiger partial charge is 0.305 e. The highest BCUT2D eigenvalue weighted by Gasteiger charge is 2.02. The maximum atomic E-state index is 11.5. The Morgan fingerprint density at radius 3 is 0.889 bits per heavy atom. The molecule has 0 radical (unpaired) electrons. The highest BCUT2D eigenvalue weighted by molar-refractivity contribution is 5.69. The van der Waals surface area contributed by atoms with Gasteiger partial charge in [-0.25, -0.2) is 0 Å². The monoisotopic (exact) mass is 654 g/mol. The van der Waals surface area contributed by atoms with Crippen LogP contribution in [0.5, 0.6) is 0 Å². The van der Waals surface area contributed by atoms with Crippen LogP contribution in [0.25, 0.3) is 0 Å². The van der Waals surface area contributed by atoms with Crippen molar-refractivity contribution < 1.29 is 56.9 Å². The molecule has 0 fully saturated rings. The van der Waals surface area contributed by atoms with E-state index >= 15 is 0 Å². The first-order valence-electron chi connectivity index (χ1n) is 17.2. The quantitative estimate of drug-likeness (QED) is 0.0695. The van der Waals surface area contributed by atoms with Gasteiger partial charge in [0, 0.05) is 13.0 Å². The number of unbranched alkanes of at least 4 members (excludes halogenated alkanes) is 6. The lowest BCUT2D eigenvalue weighted by molar-refractivity contribution is -0.145. The van der Waals surface area contributed by atoms with Crippen LogP contribution in [-0.2, 0) is 56.9 Å². The van der Waals surface area contributed by atoms with Crippen LogP contribution in [-0.4, -0.2) is 145 Å². The van der Waals surface area contributed by atoms with Crippen molar-refractivity contribution >= 4 is 5.97 Å². The van der Waals surface area contributed by atoms with Crippen molar-refractivity contribution in [1.82, 2.24) is 0 Å². The Bertz CT molecular complexity index is 556. The molecule has 0 aliphatic carbocycles.